The highest BCUT2D eigenvalue weighted by Crippen LogP contribution is 2.21. The van der Waals surface area contributed by atoms with Crippen LogP contribution in [-0.2, 0) is 47.6 Å². The molecule has 0 heterocycles. The molecule has 258 valence electrons. The van der Waals surface area contributed by atoms with Crippen LogP contribution in [0.25, 0.3) is 0 Å². The first-order valence-electron chi connectivity index (χ1n) is 14.7. The van der Waals surface area contributed by atoms with E-state index < -0.39 is 60.9 Å². The first-order valence-corrected chi connectivity index (χ1v) is 14.7. The van der Waals surface area contributed by atoms with Crippen LogP contribution in [0, 0.1) is 0 Å². The van der Waals surface area contributed by atoms with Gasteiger partial charge >= 0.3 is 35.8 Å². The van der Waals surface area contributed by atoms with Crippen molar-refractivity contribution in [3.05, 3.63) is 85.0 Å². The fourth-order valence-corrected chi connectivity index (χ4v) is 3.74. The lowest BCUT2D eigenvalue weighted by atomic mass is 10.1. The van der Waals surface area contributed by atoms with Crippen LogP contribution < -0.4 is 9.47 Å². The Hall–Kier alpha value is -5.66. The molecule has 0 aliphatic carbocycles. The van der Waals surface area contributed by atoms with Gasteiger partial charge in [-0.15, -0.1) is 0 Å². The van der Waals surface area contributed by atoms with Crippen LogP contribution in [0.5, 0.6) is 11.5 Å². The minimum atomic E-state index is -1.43. The number of methoxy groups -OCH3 is 2. The van der Waals surface area contributed by atoms with Gasteiger partial charge in [-0.25, -0.2) is 19.2 Å². The molecule has 0 saturated carbocycles. The monoisotopic (exact) mass is 670 g/mol. The van der Waals surface area contributed by atoms with Gasteiger partial charge in [0.1, 0.15) is 23.7 Å². The fourth-order valence-electron chi connectivity index (χ4n) is 3.74. The molecule has 2 atom stereocenters. The van der Waals surface area contributed by atoms with Crippen molar-refractivity contribution in [2.45, 2.75) is 37.9 Å². The van der Waals surface area contributed by atoms with Crippen molar-refractivity contribution in [2.24, 2.45) is 0 Å². The molecule has 0 aliphatic heterocycles. The third-order valence-corrected chi connectivity index (χ3v) is 6.24. The molecule has 0 saturated heterocycles. The number of carbonyl (C=O) groups excluding carboxylic acids is 6. The Morgan fingerprint density at radius 1 is 0.583 bits per heavy atom. The first-order chi connectivity index (χ1) is 23.1. The molecule has 14 nitrogen and oxygen atoms in total. The normalized spacial score (nSPS) is 11.5. The van der Waals surface area contributed by atoms with E-state index in [4.69, 9.17) is 37.9 Å². The second kappa shape index (κ2) is 21.2. The molecule has 48 heavy (non-hydrogen) atoms. The van der Waals surface area contributed by atoms with Crippen LogP contribution in [-0.4, -0.2) is 88.7 Å². The Kier molecular flexibility index (Phi) is 17.0. The van der Waals surface area contributed by atoms with Crippen molar-refractivity contribution in [3.8, 4) is 11.5 Å². The lowest BCUT2D eigenvalue weighted by Crippen LogP contribution is -2.39. The summed E-state index contributed by atoms with van der Waals surface area (Å²) in [7, 11) is 2.25. The van der Waals surface area contributed by atoms with E-state index in [-0.39, 0.29) is 37.6 Å². The van der Waals surface area contributed by atoms with Gasteiger partial charge in [0.2, 0.25) is 0 Å². The summed E-state index contributed by atoms with van der Waals surface area (Å²) in [4.78, 5) is 72.9. The van der Waals surface area contributed by atoms with Gasteiger partial charge in [0.05, 0.1) is 64.6 Å². The molecule has 0 spiro atoms. The minimum absolute atomic E-state index is 0.0785. The van der Waals surface area contributed by atoms with Gasteiger partial charge in [-0.2, -0.15) is 0 Å². The predicted molar refractivity (Wildman–Crippen MR) is 167 cm³/mol. The third kappa shape index (κ3) is 14.2. The number of benzene rings is 2. The zero-order valence-corrected chi connectivity index (χ0v) is 26.7. The molecule has 0 aliphatic rings. The van der Waals surface area contributed by atoms with Crippen molar-refractivity contribution in [3.63, 3.8) is 0 Å². The van der Waals surface area contributed by atoms with Gasteiger partial charge in [0, 0.05) is 25.0 Å². The van der Waals surface area contributed by atoms with Gasteiger partial charge in [-0.05, 0) is 48.5 Å². The molecule has 0 N–H and O–H groups in total. The maximum atomic E-state index is 13.1. The topological polar surface area (TPSA) is 176 Å². The number of hydrogen-bond acceptors (Lipinski definition) is 14. The fraction of sp³-hybridized carbons (Fsp3) is 0.353. The minimum Gasteiger partial charge on any atom is -0.493 e. The highest BCUT2D eigenvalue weighted by Gasteiger charge is 2.34. The standard InChI is InChI=1S/C34H38O14/c1-5-29(35)45-19-7-17-43-25-13-9-23(10-14-25)33(39)47-27(21-31(37)41-3)28(22-32(38)42-4)48-34(40)24-11-15-26(16-12-24)44-18-8-20-46-30(36)6-2/h5-6,9-16,27-28H,1-2,7-8,17-22H2,3-4H3/t27-,28-/m1/s1. The smallest absolute Gasteiger partial charge is 0.338 e. The first kappa shape index (κ1) is 38.5. The molecule has 0 unspecified atom stereocenters. The zero-order valence-electron chi connectivity index (χ0n) is 26.7. The van der Waals surface area contributed by atoms with Crippen LogP contribution in [0.2, 0.25) is 0 Å². The molecule has 0 bridgehead atoms. The van der Waals surface area contributed by atoms with Gasteiger partial charge in [-0.3, -0.25) is 9.59 Å². The zero-order chi connectivity index (χ0) is 35.3. The number of hydrogen-bond donors (Lipinski definition) is 0. The summed E-state index contributed by atoms with van der Waals surface area (Å²) < 4.78 is 41.5. The Balaban J connectivity index is 2.08. The number of ether oxygens (including phenoxy) is 8. The van der Waals surface area contributed by atoms with Crippen molar-refractivity contribution in [1.29, 1.82) is 0 Å². The molecule has 2 aromatic carbocycles. The van der Waals surface area contributed by atoms with Crippen LogP contribution in [0.3, 0.4) is 0 Å². The van der Waals surface area contributed by atoms with Crippen LogP contribution in [0.1, 0.15) is 46.4 Å². The average Bonchev–Trinajstić information content (AvgIpc) is 3.10. The summed E-state index contributed by atoms with van der Waals surface area (Å²) in [6.45, 7) is 7.39. The largest absolute Gasteiger partial charge is 0.493 e. The Bertz CT molecular complexity index is 1290. The lowest BCUT2D eigenvalue weighted by Gasteiger charge is -2.26. The van der Waals surface area contributed by atoms with Gasteiger partial charge in [0.25, 0.3) is 0 Å². The summed E-state index contributed by atoms with van der Waals surface area (Å²) >= 11 is 0. The van der Waals surface area contributed by atoms with Gasteiger partial charge in [0.15, 0.2) is 0 Å². The van der Waals surface area contributed by atoms with E-state index in [1.54, 1.807) is 0 Å². The molecule has 0 amide bonds. The van der Waals surface area contributed by atoms with Crippen LogP contribution in [0.15, 0.2) is 73.8 Å². The van der Waals surface area contributed by atoms with Gasteiger partial charge in [-0.1, -0.05) is 13.2 Å². The highest BCUT2D eigenvalue weighted by molar-refractivity contribution is 5.91. The number of esters is 6. The van der Waals surface area contributed by atoms with Crippen LogP contribution in [0.4, 0.5) is 0 Å². The molecular formula is C34H38O14. The molecule has 2 aromatic rings. The van der Waals surface area contributed by atoms with E-state index in [0.29, 0.717) is 24.3 Å². The summed E-state index contributed by atoms with van der Waals surface area (Å²) in [5.41, 5.74) is 0.157. The van der Waals surface area contributed by atoms with E-state index in [2.05, 4.69) is 13.2 Å². The van der Waals surface area contributed by atoms with E-state index in [1.807, 2.05) is 0 Å². The highest BCUT2D eigenvalue weighted by atomic mass is 16.6. The van der Waals surface area contributed by atoms with Gasteiger partial charge < -0.3 is 37.9 Å². The predicted octanol–water partition coefficient (Wildman–Crippen LogP) is 3.56. The number of carbonyl (C=O) groups is 6. The summed E-state index contributed by atoms with van der Waals surface area (Å²) in [6, 6.07) is 11.7. The maximum Gasteiger partial charge on any atom is 0.338 e. The molecule has 0 radical (unpaired) electrons. The van der Waals surface area contributed by atoms with Crippen molar-refractivity contribution >= 4 is 35.8 Å². The summed E-state index contributed by atoms with van der Waals surface area (Å²) in [6.07, 6.45) is -0.970. The Morgan fingerprint density at radius 2 is 0.938 bits per heavy atom. The van der Waals surface area contributed by atoms with E-state index in [1.165, 1.54) is 48.5 Å². The summed E-state index contributed by atoms with van der Waals surface area (Å²) in [5, 5.41) is 0. The van der Waals surface area contributed by atoms with Crippen molar-refractivity contribution < 1.29 is 66.7 Å². The molecule has 0 fully saturated rings. The SMILES string of the molecule is C=CC(=O)OCCCOc1ccc(C(=O)O[C@H](CC(=O)OC)[C@@H](CC(=O)OC)OC(=O)c2ccc(OCCCOC(=O)C=C)cc2)cc1. The van der Waals surface area contributed by atoms with Crippen molar-refractivity contribution in [1.82, 2.24) is 0 Å². The molecule has 2 rings (SSSR count). The van der Waals surface area contributed by atoms with Crippen molar-refractivity contribution in [2.75, 3.05) is 40.6 Å². The Labute approximate surface area is 277 Å². The molecular weight excluding hydrogens is 632 g/mol. The second-order valence-corrected chi connectivity index (χ2v) is 9.64. The maximum absolute atomic E-state index is 13.1. The van der Waals surface area contributed by atoms with E-state index in [9.17, 15) is 28.8 Å². The Morgan fingerprint density at radius 3 is 1.25 bits per heavy atom. The average molecular weight is 671 g/mol. The number of rotatable bonds is 21. The summed E-state index contributed by atoms with van der Waals surface area (Å²) in [5.74, 6) is -3.55. The molecule has 14 heteroatoms. The molecule has 0 aromatic heterocycles. The second-order valence-electron chi connectivity index (χ2n) is 9.64. The van der Waals surface area contributed by atoms with E-state index in [0.717, 1.165) is 26.4 Å². The quantitative estimate of drug-likeness (QED) is 0.0815. The van der Waals surface area contributed by atoms with E-state index >= 15 is 0 Å². The lowest BCUT2D eigenvalue weighted by molar-refractivity contribution is -0.150. The van der Waals surface area contributed by atoms with Crippen LogP contribution >= 0.6 is 0 Å². The third-order valence-electron chi connectivity index (χ3n) is 6.24.